The van der Waals surface area contributed by atoms with Gasteiger partial charge in [-0.2, -0.15) is 10.2 Å². The lowest BCUT2D eigenvalue weighted by molar-refractivity contribution is -0.119. The lowest BCUT2D eigenvalue weighted by atomic mass is 10.1. The molecule has 2 heterocycles. The molecule has 6 nitrogen and oxygen atoms in total. The van der Waals surface area contributed by atoms with Crippen molar-refractivity contribution in [3.63, 3.8) is 0 Å². The number of aliphatic hydroxyl groups is 1. The number of rotatable bonds is 4. The molecule has 19 heavy (non-hydrogen) atoms. The van der Waals surface area contributed by atoms with E-state index in [1.807, 2.05) is 0 Å². The Bertz CT molecular complexity index is 566. The summed E-state index contributed by atoms with van der Waals surface area (Å²) < 4.78 is 0. The Kier molecular flexibility index (Phi) is 3.82. The summed E-state index contributed by atoms with van der Waals surface area (Å²) in [5.74, 6) is -0.896. The van der Waals surface area contributed by atoms with Gasteiger partial charge in [-0.15, -0.1) is 0 Å². The highest BCUT2D eigenvalue weighted by Crippen LogP contribution is 2.17. The first-order chi connectivity index (χ1) is 9.11. The monoisotopic (exact) mass is 258 g/mol. The first-order valence-electron chi connectivity index (χ1n) is 5.81. The maximum atomic E-state index is 11.0. The number of nitrogens with two attached hydrogens (primary N) is 1. The molecule has 0 aliphatic heterocycles. The number of nitrogens with zero attached hydrogens (tertiary/aromatic N) is 3. The molecule has 0 fully saturated rings. The van der Waals surface area contributed by atoms with E-state index in [1.54, 1.807) is 37.4 Å². The molecule has 0 bridgehead atoms. The summed E-state index contributed by atoms with van der Waals surface area (Å²) in [6, 6.07) is 7.01. The Morgan fingerprint density at radius 3 is 2.58 bits per heavy atom. The van der Waals surface area contributed by atoms with Gasteiger partial charge in [-0.3, -0.25) is 9.78 Å². The minimum Gasteiger partial charge on any atom is -0.390 e. The van der Waals surface area contributed by atoms with Crippen molar-refractivity contribution in [3.05, 3.63) is 41.9 Å². The fraction of sp³-hybridized carbons (Fsp3) is 0.231. The van der Waals surface area contributed by atoms with Crippen LogP contribution in [0.2, 0.25) is 0 Å². The maximum absolute atomic E-state index is 11.0. The molecule has 0 radical (unpaired) electrons. The van der Waals surface area contributed by atoms with Crippen LogP contribution in [0.3, 0.4) is 0 Å². The molecule has 6 heteroatoms. The van der Waals surface area contributed by atoms with E-state index in [9.17, 15) is 4.79 Å². The van der Waals surface area contributed by atoms with E-state index in [0.29, 0.717) is 17.1 Å². The summed E-state index contributed by atoms with van der Waals surface area (Å²) in [6.07, 6.45) is 1.62. The fourth-order valence-electron chi connectivity index (χ4n) is 1.54. The molecular formula is C13H14N4O2. The van der Waals surface area contributed by atoms with Crippen LogP contribution >= 0.6 is 0 Å². The molecule has 2 aromatic rings. The van der Waals surface area contributed by atoms with Crippen LogP contribution in [0.25, 0.3) is 11.3 Å². The second-order valence-corrected chi connectivity index (χ2v) is 4.16. The van der Waals surface area contributed by atoms with Crippen molar-refractivity contribution in [1.29, 1.82) is 0 Å². The third-order valence-corrected chi connectivity index (χ3v) is 2.84. The molecule has 0 aliphatic rings. The minimum atomic E-state index is -0.462. The molecule has 0 aromatic carbocycles. The molecule has 0 spiro atoms. The summed E-state index contributed by atoms with van der Waals surface area (Å²) in [7, 11) is 0. The van der Waals surface area contributed by atoms with Crippen LogP contribution in [0.15, 0.2) is 30.5 Å². The van der Waals surface area contributed by atoms with Gasteiger partial charge in [0.15, 0.2) is 0 Å². The summed E-state index contributed by atoms with van der Waals surface area (Å²) in [4.78, 5) is 15.1. The summed E-state index contributed by atoms with van der Waals surface area (Å²) in [6.45, 7) is 1.59. The van der Waals surface area contributed by atoms with Crippen molar-refractivity contribution < 1.29 is 9.90 Å². The van der Waals surface area contributed by atoms with E-state index in [-0.39, 0.29) is 6.61 Å². The van der Waals surface area contributed by atoms with E-state index in [0.717, 1.165) is 5.56 Å². The van der Waals surface area contributed by atoms with Crippen LogP contribution in [-0.4, -0.2) is 26.2 Å². The first-order valence-corrected chi connectivity index (χ1v) is 5.81. The number of carbonyl (C=O) groups excluding carboxylic acids is 1. The number of aliphatic hydroxyl groups excluding tert-OH is 1. The molecule has 98 valence electrons. The van der Waals surface area contributed by atoms with E-state index in [4.69, 9.17) is 10.8 Å². The Balaban J connectivity index is 2.24. The standard InChI is InChI=1S/C13H14N4O2/c1-8(13(14)19)11-4-5-12(17-16-11)9-2-3-10(7-18)15-6-9/h2-6,8,18H,7H2,1H3,(H2,14,19). The number of hydrogen-bond acceptors (Lipinski definition) is 5. The van der Waals surface area contributed by atoms with Crippen molar-refractivity contribution in [1.82, 2.24) is 15.2 Å². The van der Waals surface area contributed by atoms with Gasteiger partial charge >= 0.3 is 0 Å². The Morgan fingerprint density at radius 2 is 2.11 bits per heavy atom. The topological polar surface area (TPSA) is 102 Å². The molecule has 2 aromatic heterocycles. The van der Waals surface area contributed by atoms with Gasteiger partial charge in [0.05, 0.1) is 29.6 Å². The molecule has 0 saturated carbocycles. The number of amides is 1. The lowest BCUT2D eigenvalue weighted by Gasteiger charge is -2.06. The predicted molar refractivity (Wildman–Crippen MR) is 68.8 cm³/mol. The molecule has 0 saturated heterocycles. The third kappa shape index (κ3) is 2.92. The number of aromatic nitrogens is 3. The smallest absolute Gasteiger partial charge is 0.226 e. The zero-order valence-corrected chi connectivity index (χ0v) is 10.4. The molecule has 0 aliphatic carbocycles. The molecular weight excluding hydrogens is 244 g/mol. The largest absolute Gasteiger partial charge is 0.390 e. The molecule has 1 atom stereocenters. The third-order valence-electron chi connectivity index (χ3n) is 2.84. The van der Waals surface area contributed by atoms with E-state index in [2.05, 4.69) is 15.2 Å². The van der Waals surface area contributed by atoms with Gasteiger partial charge in [0.1, 0.15) is 0 Å². The number of hydrogen-bond donors (Lipinski definition) is 2. The summed E-state index contributed by atoms with van der Waals surface area (Å²) in [5.41, 5.74) is 7.78. The number of primary amides is 1. The highest BCUT2D eigenvalue weighted by molar-refractivity contribution is 5.80. The molecule has 3 N–H and O–H groups in total. The first kappa shape index (κ1) is 13.1. The zero-order valence-electron chi connectivity index (χ0n) is 10.4. The van der Waals surface area contributed by atoms with Gasteiger partial charge in [-0.1, -0.05) is 0 Å². The zero-order chi connectivity index (χ0) is 13.8. The van der Waals surface area contributed by atoms with Gasteiger partial charge < -0.3 is 10.8 Å². The quantitative estimate of drug-likeness (QED) is 0.837. The van der Waals surface area contributed by atoms with E-state index in [1.165, 1.54) is 0 Å². The van der Waals surface area contributed by atoms with Crippen LogP contribution in [0.1, 0.15) is 24.2 Å². The maximum Gasteiger partial charge on any atom is 0.226 e. The van der Waals surface area contributed by atoms with Crippen molar-refractivity contribution in [2.75, 3.05) is 0 Å². The fourth-order valence-corrected chi connectivity index (χ4v) is 1.54. The Labute approximate surface area is 110 Å². The van der Waals surface area contributed by atoms with Crippen LogP contribution < -0.4 is 5.73 Å². The summed E-state index contributed by atoms with van der Waals surface area (Å²) >= 11 is 0. The average Bonchev–Trinajstić information content (AvgIpc) is 2.46. The molecule has 2 rings (SSSR count). The Hall–Kier alpha value is -2.34. The average molecular weight is 258 g/mol. The van der Waals surface area contributed by atoms with Crippen LogP contribution in [0.5, 0.6) is 0 Å². The highest BCUT2D eigenvalue weighted by Gasteiger charge is 2.13. The molecule has 1 unspecified atom stereocenters. The SMILES string of the molecule is CC(C(N)=O)c1ccc(-c2ccc(CO)nc2)nn1. The van der Waals surface area contributed by atoms with Crippen molar-refractivity contribution in [3.8, 4) is 11.3 Å². The summed E-state index contributed by atoms with van der Waals surface area (Å²) in [5, 5.41) is 17.0. The van der Waals surface area contributed by atoms with Crippen LogP contribution in [0.4, 0.5) is 0 Å². The van der Waals surface area contributed by atoms with E-state index < -0.39 is 11.8 Å². The minimum absolute atomic E-state index is 0.0962. The van der Waals surface area contributed by atoms with Crippen LogP contribution in [0, 0.1) is 0 Å². The predicted octanol–water partition coefficient (Wildman–Crippen LogP) is 0.620. The van der Waals surface area contributed by atoms with Gasteiger partial charge in [-0.05, 0) is 31.2 Å². The normalized spacial score (nSPS) is 12.1. The van der Waals surface area contributed by atoms with Crippen molar-refractivity contribution in [2.24, 2.45) is 5.73 Å². The van der Waals surface area contributed by atoms with Crippen molar-refractivity contribution in [2.45, 2.75) is 19.4 Å². The van der Waals surface area contributed by atoms with Gasteiger partial charge in [-0.25, -0.2) is 0 Å². The Morgan fingerprint density at radius 1 is 1.32 bits per heavy atom. The van der Waals surface area contributed by atoms with Crippen molar-refractivity contribution >= 4 is 5.91 Å². The lowest BCUT2D eigenvalue weighted by Crippen LogP contribution is -2.19. The second kappa shape index (κ2) is 5.53. The van der Waals surface area contributed by atoms with E-state index >= 15 is 0 Å². The molecule has 1 amide bonds. The highest BCUT2D eigenvalue weighted by atomic mass is 16.3. The van der Waals surface area contributed by atoms with Gasteiger partial charge in [0.2, 0.25) is 5.91 Å². The number of carbonyl (C=O) groups is 1. The number of pyridine rings is 1. The second-order valence-electron chi connectivity index (χ2n) is 4.16. The van der Waals surface area contributed by atoms with Gasteiger partial charge in [0.25, 0.3) is 0 Å². The van der Waals surface area contributed by atoms with Gasteiger partial charge in [0, 0.05) is 11.8 Å². The van der Waals surface area contributed by atoms with Crippen LogP contribution in [-0.2, 0) is 11.4 Å².